The standard InChI is InChI=1S/C27H46O4/c1-16-11-12-26(3)18(13-16)14-22(30-5)25-20-9-8-19(17(2)7-10-24(29)31-6)27(20,4)23(28)15-21(25)26/h16-23,25,28H,7-15H2,1-6H3/t16-,17-,18+,19-,20+,21+,22-,23+,25+,26+,27-/m1/s1. The first-order valence-electron chi connectivity index (χ1n) is 12.9. The maximum atomic E-state index is 11.7. The van der Waals surface area contributed by atoms with Crippen LogP contribution in [-0.4, -0.2) is 37.5 Å². The van der Waals surface area contributed by atoms with Crippen molar-refractivity contribution in [3.05, 3.63) is 0 Å². The predicted molar refractivity (Wildman–Crippen MR) is 122 cm³/mol. The monoisotopic (exact) mass is 434 g/mol. The summed E-state index contributed by atoms with van der Waals surface area (Å²) in [5, 5.41) is 11.7. The molecule has 4 saturated carbocycles. The molecule has 0 spiro atoms. The molecule has 4 aliphatic carbocycles. The number of ether oxygens (including phenoxy) is 2. The van der Waals surface area contributed by atoms with Gasteiger partial charge in [0.2, 0.25) is 0 Å². The molecule has 0 aromatic carbocycles. The SMILES string of the molecule is COC(=O)CC[C@@H](C)[C@H]1CC[C@H]2[C@@H]3[C@H](OC)C[C@@H]4C[C@H](C)CC[C@]4(C)[C@H]3C[C@H](O)[C@]12C. The molecule has 11 atom stereocenters. The van der Waals surface area contributed by atoms with Gasteiger partial charge in [-0.2, -0.15) is 0 Å². The molecule has 0 unspecified atom stereocenters. The summed E-state index contributed by atoms with van der Waals surface area (Å²) in [6, 6.07) is 0. The lowest BCUT2D eigenvalue weighted by molar-refractivity contribution is -0.209. The van der Waals surface area contributed by atoms with Crippen LogP contribution in [0.4, 0.5) is 0 Å². The molecule has 0 heterocycles. The summed E-state index contributed by atoms with van der Waals surface area (Å²) in [5.74, 6) is 3.97. The van der Waals surface area contributed by atoms with Gasteiger partial charge in [0, 0.05) is 13.5 Å². The third-order valence-corrected chi connectivity index (χ3v) is 11.1. The van der Waals surface area contributed by atoms with Gasteiger partial charge < -0.3 is 14.6 Å². The van der Waals surface area contributed by atoms with E-state index in [1.807, 2.05) is 7.11 Å². The quantitative estimate of drug-likeness (QED) is 0.583. The summed E-state index contributed by atoms with van der Waals surface area (Å²) in [6.07, 6.45) is 9.87. The number of methoxy groups -OCH3 is 2. The van der Waals surface area contributed by atoms with Crippen LogP contribution >= 0.6 is 0 Å². The number of hydrogen-bond acceptors (Lipinski definition) is 4. The highest BCUT2D eigenvalue weighted by atomic mass is 16.5. The summed E-state index contributed by atoms with van der Waals surface area (Å²) in [7, 11) is 3.39. The zero-order valence-corrected chi connectivity index (χ0v) is 20.7. The number of rotatable bonds is 5. The Morgan fingerprint density at radius 3 is 2.52 bits per heavy atom. The maximum Gasteiger partial charge on any atom is 0.305 e. The molecule has 1 N–H and O–H groups in total. The van der Waals surface area contributed by atoms with Gasteiger partial charge in [-0.15, -0.1) is 0 Å². The van der Waals surface area contributed by atoms with Gasteiger partial charge in [-0.1, -0.05) is 34.1 Å². The average molecular weight is 435 g/mol. The van der Waals surface area contributed by atoms with Crippen LogP contribution in [-0.2, 0) is 14.3 Å². The number of carbonyl (C=O) groups excluding carboxylic acids is 1. The van der Waals surface area contributed by atoms with Crippen molar-refractivity contribution in [2.45, 2.75) is 97.7 Å². The number of carbonyl (C=O) groups is 1. The van der Waals surface area contributed by atoms with E-state index in [0.29, 0.717) is 47.5 Å². The summed E-state index contributed by atoms with van der Waals surface area (Å²) in [5.41, 5.74) is 0.280. The fraction of sp³-hybridized carbons (Fsp3) is 0.963. The molecule has 4 fully saturated rings. The molecular formula is C27H46O4. The minimum absolute atomic E-state index is 0.0708. The number of aliphatic hydroxyl groups is 1. The second kappa shape index (κ2) is 8.63. The largest absolute Gasteiger partial charge is 0.469 e. The predicted octanol–water partition coefficient (Wildman–Crippen LogP) is 5.47. The normalized spacial score (nSPS) is 50.2. The Labute approximate surface area is 189 Å². The van der Waals surface area contributed by atoms with Crippen molar-refractivity contribution in [1.82, 2.24) is 0 Å². The van der Waals surface area contributed by atoms with E-state index < -0.39 is 0 Å². The van der Waals surface area contributed by atoms with Crippen molar-refractivity contribution in [2.24, 2.45) is 52.3 Å². The molecule has 0 amide bonds. The number of esters is 1. The Morgan fingerprint density at radius 1 is 1.10 bits per heavy atom. The Hall–Kier alpha value is -0.610. The Balaban J connectivity index is 1.60. The molecule has 0 radical (unpaired) electrons. The van der Waals surface area contributed by atoms with Crippen LogP contribution < -0.4 is 0 Å². The zero-order valence-electron chi connectivity index (χ0n) is 20.7. The molecule has 0 saturated heterocycles. The molecule has 178 valence electrons. The molecule has 0 bridgehead atoms. The minimum atomic E-state index is -0.251. The lowest BCUT2D eigenvalue weighted by Crippen LogP contribution is -2.62. The van der Waals surface area contributed by atoms with E-state index in [0.717, 1.165) is 31.1 Å². The summed E-state index contributed by atoms with van der Waals surface area (Å²) >= 11 is 0. The van der Waals surface area contributed by atoms with Gasteiger partial charge in [-0.05, 0) is 97.2 Å². The van der Waals surface area contributed by atoms with Crippen LogP contribution in [0.3, 0.4) is 0 Å². The van der Waals surface area contributed by atoms with Gasteiger partial charge in [0.1, 0.15) is 0 Å². The zero-order chi connectivity index (χ0) is 22.6. The van der Waals surface area contributed by atoms with Crippen molar-refractivity contribution < 1.29 is 19.4 Å². The molecule has 0 aromatic heterocycles. The lowest BCUT2D eigenvalue weighted by Gasteiger charge is -2.64. The maximum absolute atomic E-state index is 11.7. The molecular weight excluding hydrogens is 388 g/mol. The summed E-state index contributed by atoms with van der Waals surface area (Å²) < 4.78 is 11.1. The van der Waals surface area contributed by atoms with Gasteiger partial charge in [-0.25, -0.2) is 0 Å². The lowest BCUT2D eigenvalue weighted by atomic mass is 9.42. The molecule has 4 aliphatic rings. The Kier molecular flexibility index (Phi) is 6.55. The van der Waals surface area contributed by atoms with Gasteiger partial charge in [-0.3, -0.25) is 4.79 Å². The van der Waals surface area contributed by atoms with Crippen LogP contribution in [0.2, 0.25) is 0 Å². The first-order valence-corrected chi connectivity index (χ1v) is 12.9. The number of hydrogen-bond donors (Lipinski definition) is 1. The highest BCUT2D eigenvalue weighted by Gasteiger charge is 2.65. The molecule has 4 rings (SSSR count). The number of fused-ring (bicyclic) bond motifs is 5. The van der Waals surface area contributed by atoms with Crippen molar-refractivity contribution >= 4 is 5.97 Å². The fourth-order valence-corrected chi connectivity index (χ4v) is 9.24. The fourth-order valence-electron chi connectivity index (χ4n) is 9.24. The molecule has 4 heteroatoms. The Morgan fingerprint density at radius 2 is 1.84 bits per heavy atom. The van der Waals surface area contributed by atoms with Crippen molar-refractivity contribution in [3.8, 4) is 0 Å². The molecule has 0 aromatic rings. The van der Waals surface area contributed by atoms with E-state index in [1.54, 1.807) is 0 Å². The van der Waals surface area contributed by atoms with Gasteiger partial charge in [0.05, 0.1) is 19.3 Å². The average Bonchev–Trinajstić information content (AvgIpc) is 3.11. The second-order valence-corrected chi connectivity index (χ2v) is 12.3. The van der Waals surface area contributed by atoms with Crippen LogP contribution in [0, 0.1) is 52.3 Å². The molecule has 0 aliphatic heterocycles. The first kappa shape index (κ1) is 23.5. The third-order valence-electron chi connectivity index (χ3n) is 11.1. The van der Waals surface area contributed by atoms with Gasteiger partial charge in [0.15, 0.2) is 0 Å². The van der Waals surface area contributed by atoms with Gasteiger partial charge in [0.25, 0.3) is 0 Å². The molecule has 4 nitrogen and oxygen atoms in total. The van der Waals surface area contributed by atoms with E-state index in [-0.39, 0.29) is 17.5 Å². The topological polar surface area (TPSA) is 55.8 Å². The van der Waals surface area contributed by atoms with Crippen LogP contribution in [0.15, 0.2) is 0 Å². The van der Waals surface area contributed by atoms with Gasteiger partial charge >= 0.3 is 5.97 Å². The van der Waals surface area contributed by atoms with E-state index >= 15 is 0 Å². The van der Waals surface area contributed by atoms with E-state index in [4.69, 9.17) is 9.47 Å². The minimum Gasteiger partial charge on any atom is -0.469 e. The van der Waals surface area contributed by atoms with E-state index in [9.17, 15) is 9.90 Å². The van der Waals surface area contributed by atoms with Crippen LogP contribution in [0.5, 0.6) is 0 Å². The van der Waals surface area contributed by atoms with E-state index in [2.05, 4.69) is 27.7 Å². The smallest absolute Gasteiger partial charge is 0.305 e. The third kappa shape index (κ3) is 3.68. The summed E-state index contributed by atoms with van der Waals surface area (Å²) in [6.45, 7) is 9.62. The first-order chi connectivity index (χ1) is 14.7. The highest BCUT2D eigenvalue weighted by Crippen LogP contribution is 2.69. The number of aliphatic hydroxyl groups excluding tert-OH is 1. The van der Waals surface area contributed by atoms with Crippen molar-refractivity contribution in [1.29, 1.82) is 0 Å². The Bertz CT molecular complexity index is 664. The van der Waals surface area contributed by atoms with Crippen molar-refractivity contribution in [2.75, 3.05) is 14.2 Å². The molecule has 31 heavy (non-hydrogen) atoms. The van der Waals surface area contributed by atoms with E-state index in [1.165, 1.54) is 39.2 Å². The second-order valence-electron chi connectivity index (χ2n) is 12.3. The van der Waals surface area contributed by atoms with Crippen molar-refractivity contribution in [3.63, 3.8) is 0 Å². The van der Waals surface area contributed by atoms with Crippen LogP contribution in [0.1, 0.15) is 85.5 Å². The summed E-state index contributed by atoms with van der Waals surface area (Å²) in [4.78, 5) is 11.7. The highest BCUT2D eigenvalue weighted by molar-refractivity contribution is 5.69. The van der Waals surface area contributed by atoms with Crippen LogP contribution in [0.25, 0.3) is 0 Å².